The number of benzene rings is 2. The maximum absolute atomic E-state index is 12.2. The molecule has 2 aromatic rings. The number of carbonyl (C=O) groups excluding carboxylic acids is 2. The maximum Gasteiger partial charge on any atom is 0.319 e. The number of para-hydroxylation sites is 2. The highest BCUT2D eigenvalue weighted by atomic mass is 16.6. The zero-order valence-electron chi connectivity index (χ0n) is 15.4. The summed E-state index contributed by atoms with van der Waals surface area (Å²) in [6.07, 6.45) is 0.507. The number of nitrogens with zero attached hydrogens (tertiary/aromatic N) is 1. The van der Waals surface area contributed by atoms with E-state index in [4.69, 9.17) is 14.2 Å². The van der Waals surface area contributed by atoms with Crippen LogP contribution in [0.15, 0.2) is 42.5 Å². The number of carbonyl (C=O) groups is 2. The Labute approximate surface area is 162 Å². The van der Waals surface area contributed by atoms with Crippen LogP contribution in [0.2, 0.25) is 0 Å². The minimum Gasteiger partial charge on any atom is -0.486 e. The summed E-state index contributed by atoms with van der Waals surface area (Å²) in [6, 6.07) is 12.4. The SMILES string of the molecule is CN1C(=O)COc2ccc(NC(=O)NCC[C@@H]3COc4ccccc4O3)cc21. The highest BCUT2D eigenvalue weighted by Crippen LogP contribution is 2.34. The van der Waals surface area contributed by atoms with Crippen LogP contribution in [-0.4, -0.2) is 44.8 Å². The van der Waals surface area contributed by atoms with Crippen LogP contribution in [0.1, 0.15) is 6.42 Å². The Kier molecular flexibility index (Phi) is 4.92. The molecule has 0 aliphatic carbocycles. The van der Waals surface area contributed by atoms with Gasteiger partial charge < -0.3 is 29.7 Å². The first-order valence-corrected chi connectivity index (χ1v) is 9.07. The first kappa shape index (κ1) is 18.0. The molecule has 0 radical (unpaired) electrons. The lowest BCUT2D eigenvalue weighted by molar-refractivity contribution is -0.120. The summed E-state index contributed by atoms with van der Waals surface area (Å²) in [7, 11) is 1.68. The summed E-state index contributed by atoms with van der Waals surface area (Å²) in [5, 5.41) is 5.57. The predicted molar refractivity (Wildman–Crippen MR) is 103 cm³/mol. The van der Waals surface area contributed by atoms with Crippen LogP contribution in [0.5, 0.6) is 17.2 Å². The number of rotatable bonds is 4. The van der Waals surface area contributed by atoms with Gasteiger partial charge in [0.1, 0.15) is 18.5 Å². The van der Waals surface area contributed by atoms with Crippen molar-refractivity contribution in [3.8, 4) is 17.2 Å². The molecule has 0 saturated carbocycles. The van der Waals surface area contributed by atoms with Gasteiger partial charge >= 0.3 is 6.03 Å². The lowest BCUT2D eigenvalue weighted by Gasteiger charge is -2.26. The Bertz CT molecular complexity index is 901. The number of hydrogen-bond acceptors (Lipinski definition) is 5. The van der Waals surface area contributed by atoms with Crippen molar-refractivity contribution in [2.24, 2.45) is 0 Å². The van der Waals surface area contributed by atoms with E-state index in [0.717, 1.165) is 11.5 Å². The van der Waals surface area contributed by atoms with E-state index in [0.29, 0.717) is 36.7 Å². The van der Waals surface area contributed by atoms with Gasteiger partial charge in [-0.15, -0.1) is 0 Å². The van der Waals surface area contributed by atoms with Crippen molar-refractivity contribution in [2.45, 2.75) is 12.5 Å². The Morgan fingerprint density at radius 2 is 1.96 bits per heavy atom. The molecule has 0 spiro atoms. The average Bonchev–Trinajstić information content (AvgIpc) is 2.71. The second-order valence-electron chi connectivity index (χ2n) is 6.59. The number of likely N-dealkylation sites (N-methyl/N-ethyl adjacent to an activating group) is 1. The molecule has 2 aliphatic rings. The monoisotopic (exact) mass is 383 g/mol. The van der Waals surface area contributed by atoms with Gasteiger partial charge in [0.25, 0.3) is 5.91 Å². The Morgan fingerprint density at radius 3 is 2.82 bits per heavy atom. The Hall–Kier alpha value is -3.42. The standard InChI is InChI=1S/C20H21N3O5/c1-23-15-10-13(6-7-16(15)27-12-19(23)24)22-20(25)21-9-8-14-11-26-17-4-2-3-5-18(17)28-14/h2-7,10,14H,8-9,11-12H2,1H3,(H2,21,22,25)/t14-/m1/s1. The first-order valence-electron chi connectivity index (χ1n) is 9.07. The van der Waals surface area contributed by atoms with E-state index in [1.54, 1.807) is 25.2 Å². The van der Waals surface area contributed by atoms with Gasteiger partial charge in [-0.2, -0.15) is 0 Å². The normalized spacial score (nSPS) is 17.4. The van der Waals surface area contributed by atoms with Crippen molar-refractivity contribution in [1.29, 1.82) is 0 Å². The maximum atomic E-state index is 12.2. The summed E-state index contributed by atoms with van der Waals surface area (Å²) in [6.45, 7) is 0.911. The predicted octanol–water partition coefficient (Wildman–Crippen LogP) is 2.39. The van der Waals surface area contributed by atoms with Crippen LogP contribution in [0.3, 0.4) is 0 Å². The largest absolute Gasteiger partial charge is 0.486 e. The Balaban J connectivity index is 1.27. The fraction of sp³-hybridized carbons (Fsp3) is 0.300. The summed E-state index contributed by atoms with van der Waals surface area (Å²) >= 11 is 0. The minimum absolute atomic E-state index is 0.0220. The van der Waals surface area contributed by atoms with E-state index in [1.165, 1.54) is 4.90 Å². The van der Waals surface area contributed by atoms with Crippen molar-refractivity contribution in [2.75, 3.05) is 37.0 Å². The molecule has 8 nitrogen and oxygen atoms in total. The van der Waals surface area contributed by atoms with E-state index in [1.807, 2.05) is 24.3 Å². The first-order chi connectivity index (χ1) is 13.6. The molecule has 0 saturated heterocycles. The number of ether oxygens (including phenoxy) is 3. The molecule has 2 aromatic carbocycles. The molecule has 4 rings (SSSR count). The van der Waals surface area contributed by atoms with Crippen molar-refractivity contribution in [3.05, 3.63) is 42.5 Å². The Morgan fingerprint density at radius 1 is 1.14 bits per heavy atom. The summed E-state index contributed by atoms with van der Waals surface area (Å²) in [4.78, 5) is 25.4. The van der Waals surface area contributed by atoms with Gasteiger partial charge in [0.2, 0.25) is 0 Å². The lowest BCUT2D eigenvalue weighted by Crippen LogP contribution is -2.36. The van der Waals surface area contributed by atoms with Gasteiger partial charge in [0, 0.05) is 25.7 Å². The van der Waals surface area contributed by atoms with Crippen LogP contribution < -0.4 is 29.7 Å². The third-order valence-corrected chi connectivity index (χ3v) is 4.62. The van der Waals surface area contributed by atoms with Crippen molar-refractivity contribution in [1.82, 2.24) is 5.32 Å². The molecule has 0 fully saturated rings. The van der Waals surface area contributed by atoms with Crippen LogP contribution in [0.25, 0.3) is 0 Å². The third-order valence-electron chi connectivity index (χ3n) is 4.62. The highest BCUT2D eigenvalue weighted by Gasteiger charge is 2.23. The molecule has 0 aromatic heterocycles. The molecule has 2 heterocycles. The van der Waals surface area contributed by atoms with Crippen LogP contribution in [0, 0.1) is 0 Å². The second kappa shape index (κ2) is 7.67. The lowest BCUT2D eigenvalue weighted by atomic mass is 10.2. The number of urea groups is 1. The van der Waals surface area contributed by atoms with E-state index >= 15 is 0 Å². The molecule has 1 atom stereocenters. The fourth-order valence-corrected chi connectivity index (χ4v) is 3.08. The van der Waals surface area contributed by atoms with Crippen molar-refractivity contribution in [3.63, 3.8) is 0 Å². The average molecular weight is 383 g/mol. The van der Waals surface area contributed by atoms with E-state index in [9.17, 15) is 9.59 Å². The molecule has 0 bridgehead atoms. The third kappa shape index (κ3) is 3.80. The minimum atomic E-state index is -0.331. The fourth-order valence-electron chi connectivity index (χ4n) is 3.08. The number of fused-ring (bicyclic) bond motifs is 2. The number of amides is 3. The van der Waals surface area contributed by atoms with E-state index in [-0.39, 0.29) is 24.6 Å². The van der Waals surface area contributed by atoms with Gasteiger partial charge in [-0.1, -0.05) is 12.1 Å². The molecular weight excluding hydrogens is 362 g/mol. The van der Waals surface area contributed by atoms with Crippen LogP contribution in [-0.2, 0) is 4.79 Å². The smallest absolute Gasteiger partial charge is 0.319 e. The van der Waals surface area contributed by atoms with E-state index in [2.05, 4.69) is 10.6 Å². The van der Waals surface area contributed by atoms with Gasteiger partial charge in [-0.3, -0.25) is 4.79 Å². The zero-order valence-corrected chi connectivity index (χ0v) is 15.4. The van der Waals surface area contributed by atoms with Crippen LogP contribution in [0.4, 0.5) is 16.2 Å². The molecule has 2 aliphatic heterocycles. The number of anilines is 2. The molecule has 0 unspecified atom stereocenters. The van der Waals surface area contributed by atoms with E-state index < -0.39 is 0 Å². The zero-order chi connectivity index (χ0) is 19.5. The van der Waals surface area contributed by atoms with Crippen LogP contribution >= 0.6 is 0 Å². The van der Waals surface area contributed by atoms with Gasteiger partial charge in [0.15, 0.2) is 18.1 Å². The summed E-state index contributed by atoms with van der Waals surface area (Å²) in [5.41, 5.74) is 1.20. The number of nitrogens with one attached hydrogen (secondary N) is 2. The molecule has 2 N–H and O–H groups in total. The van der Waals surface area contributed by atoms with Gasteiger partial charge in [0.05, 0.1) is 5.69 Å². The van der Waals surface area contributed by atoms with Crippen molar-refractivity contribution >= 4 is 23.3 Å². The molecule has 8 heteroatoms. The molecular formula is C20H21N3O5. The van der Waals surface area contributed by atoms with Crippen molar-refractivity contribution < 1.29 is 23.8 Å². The topological polar surface area (TPSA) is 89.1 Å². The summed E-state index contributed by atoms with van der Waals surface area (Å²) in [5.74, 6) is 1.94. The number of hydrogen-bond donors (Lipinski definition) is 2. The van der Waals surface area contributed by atoms with Gasteiger partial charge in [-0.25, -0.2) is 4.79 Å². The quantitative estimate of drug-likeness (QED) is 0.846. The molecule has 3 amide bonds. The van der Waals surface area contributed by atoms with Gasteiger partial charge in [-0.05, 0) is 30.3 Å². The second-order valence-corrected chi connectivity index (χ2v) is 6.59. The highest BCUT2D eigenvalue weighted by molar-refractivity contribution is 5.99. The summed E-state index contributed by atoms with van der Waals surface area (Å²) < 4.78 is 16.9. The molecule has 146 valence electrons. The molecule has 28 heavy (non-hydrogen) atoms.